The number of anilines is 1. The van der Waals surface area contributed by atoms with Gasteiger partial charge in [0.1, 0.15) is 18.4 Å². The zero-order valence-corrected chi connectivity index (χ0v) is 14.7. The van der Waals surface area contributed by atoms with Crippen molar-refractivity contribution in [3.63, 3.8) is 0 Å². The molecule has 0 fully saturated rings. The number of rotatable bonds is 6. The Balaban J connectivity index is 2.32. The summed E-state index contributed by atoms with van der Waals surface area (Å²) >= 11 is 0. The summed E-state index contributed by atoms with van der Waals surface area (Å²) in [7, 11) is 3.47. The predicted octanol–water partition coefficient (Wildman–Crippen LogP) is 3.33. The van der Waals surface area contributed by atoms with Crippen LogP contribution in [0.4, 0.5) is 22.9 Å². The number of nitrogens with zero attached hydrogens (tertiary/aromatic N) is 6. The Labute approximate surface area is 141 Å². The van der Waals surface area contributed by atoms with Crippen molar-refractivity contribution >= 4 is 22.9 Å². The highest BCUT2D eigenvalue weighted by atomic mass is 16.6. The minimum atomic E-state index is -0.423. The van der Waals surface area contributed by atoms with Crippen molar-refractivity contribution in [2.24, 2.45) is 24.3 Å². The fourth-order valence-electron chi connectivity index (χ4n) is 2.59. The van der Waals surface area contributed by atoms with Crippen LogP contribution in [-0.4, -0.2) is 22.7 Å². The Bertz CT molecular complexity index is 760. The van der Waals surface area contributed by atoms with Crippen LogP contribution in [0, 0.1) is 17.0 Å². The average molecular weight is 331 g/mol. The lowest BCUT2D eigenvalue weighted by atomic mass is 10.2. The van der Waals surface area contributed by atoms with Crippen LogP contribution < -0.4 is 9.58 Å². The van der Waals surface area contributed by atoms with Crippen LogP contribution in [0.3, 0.4) is 0 Å². The van der Waals surface area contributed by atoms with Crippen LogP contribution in [0.2, 0.25) is 0 Å². The van der Waals surface area contributed by atoms with Gasteiger partial charge in [-0.3, -0.25) is 10.1 Å². The van der Waals surface area contributed by atoms with Gasteiger partial charge in [0.05, 0.1) is 10.0 Å². The molecule has 8 heteroatoms. The molecular weight excluding hydrogens is 308 g/mol. The lowest BCUT2D eigenvalue weighted by Gasteiger charge is -2.20. The van der Waals surface area contributed by atoms with E-state index in [1.807, 2.05) is 24.3 Å². The smallest absolute Gasteiger partial charge is 0.372 e. The summed E-state index contributed by atoms with van der Waals surface area (Å²) in [6.07, 6.45) is 0. The molecule has 1 aromatic heterocycles. The SMILES string of the molecule is CCN(CC)c1ccc(N=Nc2c([N+](=O)[O-])c(C)n(C)[n+]2C)cc1. The minimum absolute atomic E-state index is 0.0245. The highest BCUT2D eigenvalue weighted by molar-refractivity contribution is 5.54. The first-order valence-electron chi connectivity index (χ1n) is 7.87. The fraction of sp³-hybridized carbons (Fsp3) is 0.438. The molecule has 0 saturated heterocycles. The van der Waals surface area contributed by atoms with Gasteiger partial charge < -0.3 is 4.90 Å². The van der Waals surface area contributed by atoms with E-state index in [1.54, 1.807) is 30.4 Å². The van der Waals surface area contributed by atoms with Crippen molar-refractivity contribution in [2.45, 2.75) is 20.8 Å². The third kappa shape index (κ3) is 3.27. The monoisotopic (exact) mass is 331 g/mol. The molecule has 0 saturated carbocycles. The first kappa shape index (κ1) is 17.6. The van der Waals surface area contributed by atoms with Crippen molar-refractivity contribution in [1.29, 1.82) is 0 Å². The van der Waals surface area contributed by atoms with E-state index in [1.165, 1.54) is 0 Å². The summed E-state index contributed by atoms with van der Waals surface area (Å²) in [6, 6.07) is 7.68. The molecule has 1 heterocycles. The lowest BCUT2D eigenvalue weighted by Crippen LogP contribution is -2.37. The van der Waals surface area contributed by atoms with Crippen molar-refractivity contribution < 1.29 is 9.61 Å². The molecule has 0 bridgehead atoms. The second kappa shape index (κ2) is 7.20. The summed E-state index contributed by atoms with van der Waals surface area (Å²) in [5, 5.41) is 19.5. The molecule has 0 aliphatic rings. The van der Waals surface area contributed by atoms with E-state index in [9.17, 15) is 10.1 Å². The molecule has 0 aliphatic carbocycles. The third-order valence-electron chi connectivity index (χ3n) is 4.22. The lowest BCUT2D eigenvalue weighted by molar-refractivity contribution is -0.740. The van der Waals surface area contributed by atoms with Crippen LogP contribution in [0.25, 0.3) is 0 Å². The van der Waals surface area contributed by atoms with E-state index in [4.69, 9.17) is 0 Å². The maximum atomic E-state index is 11.3. The molecule has 0 spiro atoms. The summed E-state index contributed by atoms with van der Waals surface area (Å²) in [5.74, 6) is 0.229. The molecule has 128 valence electrons. The van der Waals surface area contributed by atoms with Gasteiger partial charge in [-0.25, -0.2) is 4.68 Å². The van der Waals surface area contributed by atoms with Gasteiger partial charge >= 0.3 is 11.5 Å². The van der Waals surface area contributed by atoms with Gasteiger partial charge in [-0.15, -0.1) is 4.68 Å². The highest BCUT2D eigenvalue weighted by Gasteiger charge is 2.33. The van der Waals surface area contributed by atoms with Crippen molar-refractivity contribution in [3.8, 4) is 0 Å². The Kier molecular flexibility index (Phi) is 5.28. The standard InChI is InChI=1S/C16H23N6O2/c1-6-21(7-2)14-10-8-13(9-11-14)17-18-16-15(22(23)24)12(3)19(4)20(16)5/h8-11H,6-7H2,1-5H3/q+1. The number of aromatic nitrogens is 2. The van der Waals surface area contributed by atoms with Gasteiger partial charge in [-0.2, -0.15) is 0 Å². The molecular formula is C16H23N6O2+. The van der Waals surface area contributed by atoms with Crippen LogP contribution in [-0.2, 0) is 14.1 Å². The highest BCUT2D eigenvalue weighted by Crippen LogP contribution is 2.29. The van der Waals surface area contributed by atoms with Gasteiger partial charge in [-0.1, -0.05) is 0 Å². The molecule has 0 aliphatic heterocycles. The van der Waals surface area contributed by atoms with E-state index in [0.717, 1.165) is 18.8 Å². The van der Waals surface area contributed by atoms with Crippen molar-refractivity contribution in [2.75, 3.05) is 18.0 Å². The van der Waals surface area contributed by atoms with E-state index in [2.05, 4.69) is 29.0 Å². The molecule has 1 aromatic carbocycles. The molecule has 2 rings (SSSR count). The first-order valence-corrected chi connectivity index (χ1v) is 7.87. The second-order valence-corrected chi connectivity index (χ2v) is 5.45. The van der Waals surface area contributed by atoms with Crippen molar-refractivity contribution in [1.82, 2.24) is 4.68 Å². The number of hydrogen-bond acceptors (Lipinski definition) is 5. The topological polar surface area (TPSA) is 79.9 Å². The zero-order valence-electron chi connectivity index (χ0n) is 14.7. The fourth-order valence-corrected chi connectivity index (χ4v) is 2.59. The minimum Gasteiger partial charge on any atom is -0.372 e. The Morgan fingerprint density at radius 3 is 2.29 bits per heavy atom. The van der Waals surface area contributed by atoms with Crippen LogP contribution in [0.15, 0.2) is 34.5 Å². The van der Waals surface area contributed by atoms with Crippen LogP contribution >= 0.6 is 0 Å². The van der Waals surface area contributed by atoms with Gasteiger partial charge in [-0.05, 0) is 50.2 Å². The molecule has 0 radical (unpaired) electrons. The summed E-state index contributed by atoms with van der Waals surface area (Å²) in [4.78, 5) is 13.1. The Hall–Kier alpha value is -2.77. The van der Waals surface area contributed by atoms with Gasteiger partial charge in [0.25, 0.3) is 0 Å². The predicted molar refractivity (Wildman–Crippen MR) is 92.2 cm³/mol. The van der Waals surface area contributed by atoms with E-state index in [0.29, 0.717) is 11.4 Å². The Morgan fingerprint density at radius 2 is 1.79 bits per heavy atom. The molecule has 0 atom stereocenters. The average Bonchev–Trinajstić information content (AvgIpc) is 2.79. The maximum absolute atomic E-state index is 11.3. The van der Waals surface area contributed by atoms with Gasteiger partial charge in [0, 0.05) is 25.8 Å². The number of nitro groups is 1. The molecule has 0 N–H and O–H groups in total. The molecule has 0 amide bonds. The normalized spacial score (nSPS) is 11.2. The summed E-state index contributed by atoms with van der Waals surface area (Å²) in [6.45, 7) is 7.77. The van der Waals surface area contributed by atoms with Crippen molar-refractivity contribution in [3.05, 3.63) is 40.1 Å². The molecule has 2 aromatic rings. The first-order chi connectivity index (χ1) is 11.4. The maximum Gasteiger partial charge on any atom is 0.448 e. The van der Waals surface area contributed by atoms with E-state index >= 15 is 0 Å². The summed E-state index contributed by atoms with van der Waals surface area (Å²) in [5.41, 5.74) is 2.28. The van der Waals surface area contributed by atoms with Crippen LogP contribution in [0.5, 0.6) is 0 Å². The van der Waals surface area contributed by atoms with Gasteiger partial charge in [0.2, 0.25) is 0 Å². The molecule has 0 unspecified atom stereocenters. The third-order valence-corrected chi connectivity index (χ3v) is 4.22. The number of benzene rings is 1. The van der Waals surface area contributed by atoms with E-state index in [-0.39, 0.29) is 11.5 Å². The second-order valence-electron chi connectivity index (χ2n) is 5.45. The largest absolute Gasteiger partial charge is 0.448 e. The Morgan fingerprint density at radius 1 is 1.21 bits per heavy atom. The number of azo groups is 1. The number of hydrogen-bond donors (Lipinski definition) is 0. The summed E-state index contributed by atoms with van der Waals surface area (Å²) < 4.78 is 3.29. The molecule has 8 nitrogen and oxygen atoms in total. The zero-order chi connectivity index (χ0) is 17.9. The van der Waals surface area contributed by atoms with Gasteiger partial charge in [0.15, 0.2) is 0 Å². The molecule has 24 heavy (non-hydrogen) atoms. The quantitative estimate of drug-likeness (QED) is 0.352. The van der Waals surface area contributed by atoms with Crippen LogP contribution in [0.1, 0.15) is 19.5 Å². The van der Waals surface area contributed by atoms with E-state index < -0.39 is 4.92 Å².